The summed E-state index contributed by atoms with van der Waals surface area (Å²) in [6.45, 7) is 3.15. The minimum absolute atomic E-state index is 0.129. The van der Waals surface area contributed by atoms with Crippen LogP contribution in [0.1, 0.15) is 16.8 Å². The van der Waals surface area contributed by atoms with E-state index in [0.717, 1.165) is 31.6 Å². The number of carbonyl (C=O) groups is 1. The van der Waals surface area contributed by atoms with Crippen molar-refractivity contribution in [3.63, 3.8) is 0 Å². The van der Waals surface area contributed by atoms with Crippen LogP contribution < -0.4 is 5.32 Å². The van der Waals surface area contributed by atoms with E-state index in [-0.39, 0.29) is 11.9 Å². The number of carbonyl (C=O) groups excluding carboxylic acids is 1. The molecule has 8 nitrogen and oxygen atoms in total. The number of morpholine rings is 1. The van der Waals surface area contributed by atoms with Crippen molar-refractivity contribution in [2.75, 3.05) is 39.2 Å². The summed E-state index contributed by atoms with van der Waals surface area (Å²) in [5.41, 5.74) is 1.56. The molecule has 3 aromatic rings. The highest BCUT2D eigenvalue weighted by atomic mass is 19.1. The lowest BCUT2D eigenvalue weighted by molar-refractivity contribution is -0.0253. The molecule has 158 valence electrons. The molecule has 1 fully saturated rings. The molecule has 0 radical (unpaired) electrons. The zero-order chi connectivity index (χ0) is 21.1. The minimum Gasteiger partial charge on any atom is -0.465 e. The van der Waals surface area contributed by atoms with Gasteiger partial charge in [-0.05, 0) is 37.7 Å². The normalized spacial score (nSPS) is 17.2. The Hall–Kier alpha value is -3.04. The Morgan fingerprint density at radius 2 is 2.27 bits per heavy atom. The van der Waals surface area contributed by atoms with E-state index >= 15 is 0 Å². The van der Waals surface area contributed by atoms with Crippen LogP contribution >= 0.6 is 0 Å². The van der Waals surface area contributed by atoms with Crippen molar-refractivity contribution >= 4 is 28.4 Å². The van der Waals surface area contributed by atoms with Gasteiger partial charge in [-0.2, -0.15) is 5.10 Å². The van der Waals surface area contributed by atoms with E-state index in [0.29, 0.717) is 29.0 Å². The van der Waals surface area contributed by atoms with Crippen LogP contribution in [0.5, 0.6) is 0 Å². The summed E-state index contributed by atoms with van der Waals surface area (Å²) >= 11 is 0. The first-order valence-corrected chi connectivity index (χ1v) is 9.80. The predicted octanol–water partition coefficient (Wildman–Crippen LogP) is 2.82. The Bertz CT molecular complexity index is 1050. The van der Waals surface area contributed by atoms with E-state index in [2.05, 4.69) is 27.3 Å². The molecule has 1 aliphatic heterocycles. The number of rotatable bonds is 6. The van der Waals surface area contributed by atoms with Gasteiger partial charge in [0.25, 0.3) is 0 Å². The number of nitrogens with one attached hydrogen (secondary N) is 1. The first-order valence-electron chi connectivity index (χ1n) is 9.80. The smallest absolute Gasteiger partial charge is 0.340 e. The van der Waals surface area contributed by atoms with Gasteiger partial charge in [0.1, 0.15) is 5.82 Å². The van der Waals surface area contributed by atoms with Crippen LogP contribution in [-0.2, 0) is 16.0 Å². The Morgan fingerprint density at radius 1 is 1.40 bits per heavy atom. The second kappa shape index (κ2) is 8.76. The lowest BCUT2D eigenvalue weighted by atomic mass is 10.2. The highest BCUT2D eigenvalue weighted by Gasteiger charge is 2.20. The second-order valence-electron chi connectivity index (χ2n) is 7.31. The van der Waals surface area contributed by atoms with Crippen molar-refractivity contribution in [2.45, 2.75) is 19.1 Å². The SMILES string of the molecule is COC(=O)c1ccncc1Nc1nn(CCC2CN(C)CCO2)c2ccc(F)cc12. The summed E-state index contributed by atoms with van der Waals surface area (Å²) in [5, 5.41) is 8.39. The topological polar surface area (TPSA) is 81.5 Å². The van der Waals surface area contributed by atoms with Crippen molar-refractivity contribution in [3.8, 4) is 0 Å². The average molecular weight is 413 g/mol. The zero-order valence-electron chi connectivity index (χ0n) is 17.0. The number of benzene rings is 1. The molecule has 1 atom stereocenters. The lowest BCUT2D eigenvalue weighted by Gasteiger charge is -2.30. The number of hydrogen-bond donors (Lipinski definition) is 1. The summed E-state index contributed by atoms with van der Waals surface area (Å²) in [5.74, 6) is -0.403. The third-order valence-corrected chi connectivity index (χ3v) is 5.20. The molecule has 1 aliphatic rings. The predicted molar refractivity (Wildman–Crippen MR) is 110 cm³/mol. The maximum atomic E-state index is 14.0. The number of ether oxygens (including phenoxy) is 2. The third kappa shape index (κ3) is 4.27. The Balaban J connectivity index is 1.63. The van der Waals surface area contributed by atoms with Crippen LogP contribution in [-0.4, -0.2) is 65.6 Å². The minimum atomic E-state index is -0.492. The summed E-state index contributed by atoms with van der Waals surface area (Å²) in [6, 6.07) is 6.12. The van der Waals surface area contributed by atoms with Gasteiger partial charge >= 0.3 is 5.97 Å². The first kappa shape index (κ1) is 20.2. The number of anilines is 2. The molecule has 1 N–H and O–H groups in total. The van der Waals surface area contributed by atoms with Crippen molar-refractivity contribution in [3.05, 3.63) is 48.0 Å². The van der Waals surface area contributed by atoms with Crippen molar-refractivity contribution in [1.82, 2.24) is 19.7 Å². The number of pyridine rings is 1. The van der Waals surface area contributed by atoms with Gasteiger partial charge in [0, 0.05) is 31.2 Å². The van der Waals surface area contributed by atoms with E-state index in [1.54, 1.807) is 12.1 Å². The van der Waals surface area contributed by atoms with Crippen LogP contribution in [0.3, 0.4) is 0 Å². The summed E-state index contributed by atoms with van der Waals surface area (Å²) in [4.78, 5) is 18.4. The maximum absolute atomic E-state index is 14.0. The number of methoxy groups -OCH3 is 1. The standard InChI is InChI=1S/C21H24FN5O3/c1-26-9-10-30-15(13-26)6-8-27-19-4-3-14(22)11-17(19)20(25-27)24-18-12-23-7-5-16(18)21(28)29-2/h3-5,7,11-12,15H,6,8-10,13H2,1-2H3,(H,24,25). The van der Waals surface area contributed by atoms with Crippen molar-refractivity contribution in [1.29, 1.82) is 0 Å². The molecule has 1 aromatic carbocycles. The number of hydrogen-bond acceptors (Lipinski definition) is 7. The van der Waals surface area contributed by atoms with Gasteiger partial charge in [0.05, 0.1) is 42.8 Å². The molecule has 30 heavy (non-hydrogen) atoms. The number of fused-ring (bicyclic) bond motifs is 1. The number of esters is 1. The molecule has 0 amide bonds. The molecule has 4 rings (SSSR count). The molecule has 0 bridgehead atoms. The summed E-state index contributed by atoms with van der Waals surface area (Å²) in [6.07, 6.45) is 3.94. The molecule has 3 heterocycles. The van der Waals surface area contributed by atoms with E-state index < -0.39 is 5.97 Å². The van der Waals surface area contributed by atoms with Crippen LogP contribution in [0.15, 0.2) is 36.7 Å². The van der Waals surface area contributed by atoms with Crippen LogP contribution in [0.25, 0.3) is 10.9 Å². The molecular formula is C21H24FN5O3. The van der Waals surface area contributed by atoms with Crippen molar-refractivity contribution < 1.29 is 18.7 Å². The number of nitrogens with zero attached hydrogens (tertiary/aromatic N) is 4. The lowest BCUT2D eigenvalue weighted by Crippen LogP contribution is -2.40. The van der Waals surface area contributed by atoms with E-state index in [9.17, 15) is 9.18 Å². The summed E-state index contributed by atoms with van der Waals surface area (Å²) < 4.78 is 26.5. The van der Waals surface area contributed by atoms with E-state index in [4.69, 9.17) is 9.47 Å². The quantitative estimate of drug-likeness (QED) is 0.623. The van der Waals surface area contributed by atoms with Gasteiger partial charge in [0.2, 0.25) is 0 Å². The number of likely N-dealkylation sites (N-methyl/N-ethyl adjacent to an activating group) is 1. The Kier molecular flexibility index (Phi) is 5.91. The Morgan fingerprint density at radius 3 is 3.07 bits per heavy atom. The number of halogens is 1. The number of aryl methyl sites for hydroxylation is 1. The van der Waals surface area contributed by atoms with Gasteiger partial charge in [-0.15, -0.1) is 0 Å². The molecule has 0 saturated carbocycles. The molecule has 9 heteroatoms. The highest BCUT2D eigenvalue weighted by molar-refractivity contribution is 5.98. The molecular weight excluding hydrogens is 389 g/mol. The largest absolute Gasteiger partial charge is 0.465 e. The molecule has 1 saturated heterocycles. The third-order valence-electron chi connectivity index (χ3n) is 5.20. The first-order chi connectivity index (χ1) is 14.5. The van der Waals surface area contributed by atoms with Gasteiger partial charge in [-0.3, -0.25) is 9.67 Å². The van der Waals surface area contributed by atoms with Gasteiger partial charge in [0.15, 0.2) is 5.82 Å². The van der Waals surface area contributed by atoms with Crippen molar-refractivity contribution in [2.24, 2.45) is 0 Å². The molecule has 1 unspecified atom stereocenters. The molecule has 0 spiro atoms. The number of aromatic nitrogens is 3. The highest BCUT2D eigenvalue weighted by Crippen LogP contribution is 2.28. The Labute approximate surface area is 173 Å². The summed E-state index contributed by atoms with van der Waals surface area (Å²) in [7, 11) is 3.40. The van der Waals surface area contributed by atoms with Gasteiger partial charge in [-0.1, -0.05) is 0 Å². The fourth-order valence-electron chi connectivity index (χ4n) is 3.63. The average Bonchev–Trinajstić information content (AvgIpc) is 3.08. The zero-order valence-corrected chi connectivity index (χ0v) is 17.0. The van der Waals surface area contributed by atoms with Crippen LogP contribution in [0.4, 0.5) is 15.9 Å². The molecule has 0 aliphatic carbocycles. The second-order valence-corrected chi connectivity index (χ2v) is 7.31. The maximum Gasteiger partial charge on any atom is 0.340 e. The fraction of sp³-hybridized carbons (Fsp3) is 0.381. The molecule has 2 aromatic heterocycles. The monoisotopic (exact) mass is 413 g/mol. The van der Waals surface area contributed by atoms with Crippen LogP contribution in [0.2, 0.25) is 0 Å². The van der Waals surface area contributed by atoms with E-state index in [1.165, 1.54) is 31.6 Å². The van der Waals surface area contributed by atoms with Crippen LogP contribution in [0, 0.1) is 5.82 Å². The van der Waals surface area contributed by atoms with Gasteiger partial charge in [-0.25, -0.2) is 9.18 Å². The van der Waals surface area contributed by atoms with Gasteiger partial charge < -0.3 is 19.7 Å². The fourth-order valence-corrected chi connectivity index (χ4v) is 3.63. The van der Waals surface area contributed by atoms with E-state index in [1.807, 2.05) is 4.68 Å².